The fourth-order valence-corrected chi connectivity index (χ4v) is 3.77. The van der Waals surface area contributed by atoms with Gasteiger partial charge >= 0.3 is 0 Å². The lowest BCUT2D eigenvalue weighted by Gasteiger charge is -2.13. The first-order valence-corrected chi connectivity index (χ1v) is 11.0. The zero-order valence-electron chi connectivity index (χ0n) is 17.3. The zero-order chi connectivity index (χ0) is 23.1. The molecule has 0 fully saturated rings. The molecule has 32 heavy (non-hydrogen) atoms. The number of carbonyl (C=O) groups excluding carboxylic acids is 1. The maximum atomic E-state index is 12.5. The first-order valence-electron chi connectivity index (χ1n) is 9.53. The first-order chi connectivity index (χ1) is 15.3. The molecule has 5 N–H and O–H groups in total. The summed E-state index contributed by atoms with van der Waals surface area (Å²) in [5, 5.41) is 10.9. The number of benzene rings is 3. The van der Waals surface area contributed by atoms with E-state index in [-0.39, 0.29) is 17.4 Å². The highest BCUT2D eigenvalue weighted by Gasteiger charge is 2.14. The number of rotatable bonds is 9. The monoisotopic (exact) mass is 453 g/mol. The molecule has 166 valence electrons. The molecular weight excluding hydrogens is 430 g/mol. The fourth-order valence-electron chi connectivity index (χ4n) is 2.71. The Bertz CT molecular complexity index is 1200. The molecule has 0 radical (unpaired) electrons. The number of amides is 1. The van der Waals surface area contributed by atoms with Crippen LogP contribution in [0.2, 0.25) is 0 Å². The number of ether oxygens (including phenoxy) is 1. The van der Waals surface area contributed by atoms with Crippen molar-refractivity contribution in [3.63, 3.8) is 0 Å². The number of sulfonamides is 1. The van der Waals surface area contributed by atoms with E-state index in [4.69, 9.17) is 16.0 Å². The van der Waals surface area contributed by atoms with Gasteiger partial charge in [0.15, 0.2) is 6.61 Å². The van der Waals surface area contributed by atoms with Crippen molar-refractivity contribution in [1.82, 2.24) is 0 Å². The molecule has 3 rings (SSSR count). The molecule has 0 aromatic heterocycles. The molecule has 0 spiro atoms. The Morgan fingerprint density at radius 1 is 1.06 bits per heavy atom. The smallest absolute Gasteiger partial charge is 0.262 e. The highest BCUT2D eigenvalue weighted by molar-refractivity contribution is 7.92. The van der Waals surface area contributed by atoms with E-state index in [0.29, 0.717) is 22.8 Å². The van der Waals surface area contributed by atoms with Crippen molar-refractivity contribution in [1.29, 1.82) is 5.41 Å². The van der Waals surface area contributed by atoms with Gasteiger partial charge in [0.25, 0.3) is 15.9 Å². The minimum atomic E-state index is -3.70. The van der Waals surface area contributed by atoms with E-state index < -0.39 is 10.0 Å². The van der Waals surface area contributed by atoms with E-state index in [9.17, 15) is 13.2 Å². The summed E-state index contributed by atoms with van der Waals surface area (Å²) in [7, 11) is -3.70. The molecule has 0 saturated carbocycles. The normalized spacial score (nSPS) is 10.8. The lowest BCUT2D eigenvalue weighted by Crippen LogP contribution is -2.28. The standard InChI is InChI=1S/C22H23N5O4S/c1-16-5-11-21(12-6-16)32(29,30)26-18-9-7-17(8-10-18)25-22(28)14-31-20-4-2-3-19(13-20)27(24)15-23/h2-13,15,23,26H,14,24H2,1H3,(H,25,28). The Balaban J connectivity index is 1.55. The average Bonchev–Trinajstić information content (AvgIpc) is 2.79. The van der Waals surface area contributed by atoms with Gasteiger partial charge in [-0.15, -0.1) is 0 Å². The third kappa shape index (κ3) is 6.06. The van der Waals surface area contributed by atoms with Gasteiger partial charge in [0.1, 0.15) is 12.1 Å². The number of hydrogen-bond donors (Lipinski definition) is 4. The Labute approximate surface area is 186 Å². The molecule has 1 amide bonds. The van der Waals surface area contributed by atoms with Crippen LogP contribution in [0.5, 0.6) is 5.75 Å². The average molecular weight is 454 g/mol. The van der Waals surface area contributed by atoms with E-state index in [1.807, 2.05) is 6.92 Å². The van der Waals surface area contributed by atoms with Crippen LogP contribution in [-0.4, -0.2) is 27.3 Å². The Kier molecular flexibility index (Phi) is 7.08. The minimum absolute atomic E-state index is 0.167. The second-order valence-corrected chi connectivity index (χ2v) is 8.55. The molecule has 0 heterocycles. The highest BCUT2D eigenvalue weighted by Crippen LogP contribution is 2.20. The predicted molar refractivity (Wildman–Crippen MR) is 124 cm³/mol. The fraction of sp³-hybridized carbons (Fsp3) is 0.0909. The van der Waals surface area contributed by atoms with E-state index in [2.05, 4.69) is 10.0 Å². The number of nitrogens with two attached hydrogens (primary N) is 1. The number of nitrogens with one attached hydrogen (secondary N) is 3. The van der Waals surface area contributed by atoms with Crippen LogP contribution in [0.3, 0.4) is 0 Å². The van der Waals surface area contributed by atoms with Crippen LogP contribution in [0.15, 0.2) is 77.7 Å². The van der Waals surface area contributed by atoms with Gasteiger partial charge in [-0.1, -0.05) is 23.8 Å². The summed E-state index contributed by atoms with van der Waals surface area (Å²) in [4.78, 5) is 12.3. The van der Waals surface area contributed by atoms with E-state index >= 15 is 0 Å². The lowest BCUT2D eigenvalue weighted by molar-refractivity contribution is -0.118. The number of carbonyl (C=O) groups is 1. The largest absolute Gasteiger partial charge is 0.484 e. The quantitative estimate of drug-likeness (QED) is 0.170. The number of nitrogens with zero attached hydrogens (tertiary/aromatic N) is 1. The molecule has 0 bridgehead atoms. The number of aryl methyl sites for hydroxylation is 1. The van der Waals surface area contributed by atoms with E-state index in [0.717, 1.165) is 16.9 Å². The second-order valence-electron chi connectivity index (χ2n) is 6.87. The topological polar surface area (TPSA) is 138 Å². The number of hydrogen-bond acceptors (Lipinski definition) is 6. The van der Waals surface area contributed by atoms with Crippen LogP contribution in [0.25, 0.3) is 0 Å². The summed E-state index contributed by atoms with van der Waals surface area (Å²) in [6.07, 6.45) is 0.955. The molecule has 3 aromatic carbocycles. The Morgan fingerprint density at radius 2 is 1.72 bits per heavy atom. The molecular formula is C22H23N5O4S. The molecule has 0 aliphatic rings. The van der Waals surface area contributed by atoms with Gasteiger partial charge < -0.3 is 10.1 Å². The van der Waals surface area contributed by atoms with Crippen molar-refractivity contribution in [2.75, 3.05) is 21.7 Å². The Hall–Kier alpha value is -3.89. The van der Waals surface area contributed by atoms with Crippen LogP contribution in [0.1, 0.15) is 5.56 Å². The van der Waals surface area contributed by atoms with Crippen molar-refractivity contribution in [2.24, 2.45) is 5.84 Å². The molecule has 0 aliphatic heterocycles. The predicted octanol–water partition coefficient (Wildman–Crippen LogP) is 3.10. The summed E-state index contributed by atoms with van der Waals surface area (Å²) >= 11 is 0. The minimum Gasteiger partial charge on any atom is -0.484 e. The SMILES string of the molecule is Cc1ccc(S(=O)(=O)Nc2ccc(NC(=O)COc3cccc(N(N)C=N)c3)cc2)cc1. The first kappa shape index (κ1) is 22.8. The third-order valence-electron chi connectivity index (χ3n) is 4.38. The van der Waals surface area contributed by atoms with Gasteiger partial charge in [0.2, 0.25) is 0 Å². The van der Waals surface area contributed by atoms with Gasteiger partial charge in [0.05, 0.1) is 10.6 Å². The van der Waals surface area contributed by atoms with E-state index in [1.54, 1.807) is 60.7 Å². The summed E-state index contributed by atoms with van der Waals surface area (Å²) in [6, 6.07) is 19.5. The molecule has 10 heteroatoms. The Morgan fingerprint density at radius 3 is 2.38 bits per heavy atom. The molecule has 0 atom stereocenters. The van der Waals surface area contributed by atoms with Crippen molar-refractivity contribution in [2.45, 2.75) is 11.8 Å². The maximum absolute atomic E-state index is 12.5. The van der Waals surface area contributed by atoms with Crippen molar-refractivity contribution in [3.05, 3.63) is 78.4 Å². The molecule has 0 aliphatic carbocycles. The van der Waals surface area contributed by atoms with E-state index in [1.165, 1.54) is 12.1 Å². The van der Waals surface area contributed by atoms with Crippen LogP contribution in [-0.2, 0) is 14.8 Å². The summed E-state index contributed by atoms with van der Waals surface area (Å²) in [5.74, 6) is 5.66. The zero-order valence-corrected chi connectivity index (χ0v) is 18.1. The summed E-state index contributed by atoms with van der Waals surface area (Å²) in [6.45, 7) is 1.64. The molecule has 9 nitrogen and oxygen atoms in total. The van der Waals surface area contributed by atoms with Gasteiger partial charge in [-0.25, -0.2) is 14.3 Å². The van der Waals surface area contributed by atoms with Crippen LogP contribution in [0, 0.1) is 12.3 Å². The summed E-state index contributed by atoms with van der Waals surface area (Å²) < 4.78 is 32.9. The molecule has 0 saturated heterocycles. The van der Waals surface area contributed by atoms with Gasteiger partial charge in [0, 0.05) is 17.4 Å². The van der Waals surface area contributed by atoms with Gasteiger partial charge in [-0.2, -0.15) is 0 Å². The number of hydrazine groups is 1. The second kappa shape index (κ2) is 9.94. The van der Waals surface area contributed by atoms with Crippen molar-refractivity contribution in [3.8, 4) is 5.75 Å². The maximum Gasteiger partial charge on any atom is 0.262 e. The van der Waals surface area contributed by atoms with Crippen LogP contribution in [0.4, 0.5) is 17.1 Å². The number of anilines is 3. The molecule has 0 unspecified atom stereocenters. The van der Waals surface area contributed by atoms with Crippen molar-refractivity contribution >= 4 is 39.3 Å². The van der Waals surface area contributed by atoms with Crippen molar-refractivity contribution < 1.29 is 17.9 Å². The lowest BCUT2D eigenvalue weighted by atomic mass is 10.2. The van der Waals surface area contributed by atoms with Gasteiger partial charge in [-0.05, 0) is 55.5 Å². The molecule has 3 aromatic rings. The van der Waals surface area contributed by atoms with Crippen LogP contribution >= 0.6 is 0 Å². The third-order valence-corrected chi connectivity index (χ3v) is 5.77. The highest BCUT2D eigenvalue weighted by atomic mass is 32.2. The van der Waals surface area contributed by atoms with Crippen LogP contribution < -0.4 is 25.6 Å². The van der Waals surface area contributed by atoms with Gasteiger partial charge in [-0.3, -0.25) is 19.9 Å². The summed E-state index contributed by atoms with van der Waals surface area (Å²) in [5.41, 5.74) is 2.37.